The monoisotopic (exact) mass is 397 g/mol. The number of rotatable bonds is 11. The van der Waals surface area contributed by atoms with Crippen LogP contribution in [0.25, 0.3) is 0 Å². The summed E-state index contributed by atoms with van der Waals surface area (Å²) < 4.78 is 11.8. The molecule has 1 N–H and O–H groups in total. The summed E-state index contributed by atoms with van der Waals surface area (Å²) in [6.07, 6.45) is 1.93. The van der Waals surface area contributed by atoms with Gasteiger partial charge in [-0.05, 0) is 81.8 Å². The lowest BCUT2D eigenvalue weighted by Crippen LogP contribution is -2.39. The number of ether oxygens (including phenoxy) is 2. The molecule has 4 nitrogen and oxygen atoms in total. The fourth-order valence-corrected chi connectivity index (χ4v) is 3.68. The Balaban J connectivity index is 1.43. The maximum Gasteiger partial charge on any atom is 0.119 e. The van der Waals surface area contributed by atoms with Gasteiger partial charge in [-0.2, -0.15) is 0 Å². The predicted octanol–water partition coefficient (Wildman–Crippen LogP) is 5.21. The van der Waals surface area contributed by atoms with Gasteiger partial charge in [0, 0.05) is 18.6 Å². The summed E-state index contributed by atoms with van der Waals surface area (Å²) in [5, 5.41) is 10.2. The maximum absolute atomic E-state index is 10.2. The summed E-state index contributed by atoms with van der Waals surface area (Å²) in [7, 11) is 0. The van der Waals surface area contributed by atoms with Gasteiger partial charge in [0.15, 0.2) is 0 Å². The molecule has 0 saturated heterocycles. The Morgan fingerprint density at radius 1 is 0.862 bits per heavy atom. The SMILES string of the molecule is CC(C)N(CCOc1ccc(COc2ccc(C(O)C3CC3)cc2)cc1)C(C)C. The lowest BCUT2D eigenvalue weighted by atomic mass is 10.1. The Morgan fingerprint density at radius 2 is 1.41 bits per heavy atom. The summed E-state index contributed by atoms with van der Waals surface area (Å²) in [4.78, 5) is 2.43. The lowest BCUT2D eigenvalue weighted by molar-refractivity contribution is 0.142. The average molecular weight is 398 g/mol. The van der Waals surface area contributed by atoms with Crippen LogP contribution in [0.4, 0.5) is 0 Å². The largest absolute Gasteiger partial charge is 0.492 e. The van der Waals surface area contributed by atoms with E-state index in [1.165, 1.54) is 0 Å². The van der Waals surface area contributed by atoms with Crippen molar-refractivity contribution >= 4 is 0 Å². The van der Waals surface area contributed by atoms with Crippen molar-refractivity contribution in [1.29, 1.82) is 0 Å². The molecule has 4 heteroatoms. The second-order valence-corrected chi connectivity index (χ2v) is 8.56. The molecule has 1 saturated carbocycles. The zero-order valence-electron chi connectivity index (χ0n) is 18.2. The van der Waals surface area contributed by atoms with E-state index in [4.69, 9.17) is 9.47 Å². The Kier molecular flexibility index (Phi) is 7.57. The highest BCUT2D eigenvalue weighted by Gasteiger charge is 2.30. The van der Waals surface area contributed by atoms with Gasteiger partial charge in [-0.25, -0.2) is 0 Å². The molecule has 0 amide bonds. The van der Waals surface area contributed by atoms with E-state index in [2.05, 4.69) is 32.6 Å². The molecule has 0 aliphatic heterocycles. The number of aliphatic hydroxyl groups is 1. The van der Waals surface area contributed by atoms with Crippen molar-refractivity contribution in [1.82, 2.24) is 4.90 Å². The van der Waals surface area contributed by atoms with Gasteiger partial charge in [-0.3, -0.25) is 4.90 Å². The third-order valence-electron chi connectivity index (χ3n) is 5.56. The number of hydrogen-bond donors (Lipinski definition) is 1. The Morgan fingerprint density at radius 3 is 1.97 bits per heavy atom. The van der Waals surface area contributed by atoms with Crippen molar-refractivity contribution < 1.29 is 14.6 Å². The first-order valence-corrected chi connectivity index (χ1v) is 10.8. The molecule has 1 atom stereocenters. The van der Waals surface area contributed by atoms with Gasteiger partial charge in [0.2, 0.25) is 0 Å². The van der Waals surface area contributed by atoms with Crippen molar-refractivity contribution in [2.24, 2.45) is 5.92 Å². The molecule has 0 spiro atoms. The molecule has 2 aromatic carbocycles. The van der Waals surface area contributed by atoms with E-state index in [1.807, 2.05) is 48.5 Å². The molecule has 1 aliphatic carbocycles. The van der Waals surface area contributed by atoms with E-state index < -0.39 is 0 Å². The zero-order chi connectivity index (χ0) is 20.8. The van der Waals surface area contributed by atoms with Gasteiger partial charge in [0.1, 0.15) is 24.7 Å². The van der Waals surface area contributed by atoms with Crippen LogP contribution in [-0.2, 0) is 6.61 Å². The first kappa shape index (κ1) is 21.7. The summed E-state index contributed by atoms with van der Waals surface area (Å²) in [6, 6.07) is 16.9. The van der Waals surface area contributed by atoms with Crippen LogP contribution < -0.4 is 9.47 Å². The van der Waals surface area contributed by atoms with Crippen LogP contribution in [0.2, 0.25) is 0 Å². The highest BCUT2D eigenvalue weighted by atomic mass is 16.5. The molecule has 1 unspecified atom stereocenters. The first-order chi connectivity index (χ1) is 13.9. The van der Waals surface area contributed by atoms with Crippen LogP contribution >= 0.6 is 0 Å². The second kappa shape index (κ2) is 10.1. The molecule has 1 fully saturated rings. The maximum atomic E-state index is 10.2. The summed E-state index contributed by atoms with van der Waals surface area (Å²) in [5.41, 5.74) is 2.08. The van der Waals surface area contributed by atoms with E-state index in [0.717, 1.165) is 42.0 Å². The standard InChI is InChI=1S/C25H35NO3/c1-18(2)26(19(3)4)15-16-28-23-11-5-20(6-12-23)17-29-24-13-9-22(10-14-24)25(27)21-7-8-21/h5-6,9-14,18-19,21,25,27H,7-8,15-17H2,1-4H3. The molecule has 158 valence electrons. The normalized spacial score (nSPS) is 15.2. The number of hydrogen-bond acceptors (Lipinski definition) is 4. The predicted molar refractivity (Wildman–Crippen MR) is 117 cm³/mol. The summed E-state index contributed by atoms with van der Waals surface area (Å²) in [5.74, 6) is 2.15. The molecule has 1 aliphatic rings. The third-order valence-corrected chi connectivity index (χ3v) is 5.56. The van der Waals surface area contributed by atoms with Gasteiger partial charge in [-0.15, -0.1) is 0 Å². The molecule has 29 heavy (non-hydrogen) atoms. The summed E-state index contributed by atoms with van der Waals surface area (Å²) in [6.45, 7) is 11.0. The van der Waals surface area contributed by atoms with Crippen molar-refractivity contribution in [2.45, 2.75) is 65.3 Å². The Hall–Kier alpha value is -2.04. The van der Waals surface area contributed by atoms with Crippen molar-refractivity contribution in [2.75, 3.05) is 13.2 Å². The zero-order valence-corrected chi connectivity index (χ0v) is 18.2. The first-order valence-electron chi connectivity index (χ1n) is 10.8. The highest BCUT2D eigenvalue weighted by Crippen LogP contribution is 2.41. The van der Waals surface area contributed by atoms with E-state index in [0.29, 0.717) is 31.2 Å². The van der Waals surface area contributed by atoms with E-state index in [9.17, 15) is 5.11 Å². The van der Waals surface area contributed by atoms with E-state index in [-0.39, 0.29) is 6.10 Å². The minimum atomic E-state index is -0.329. The van der Waals surface area contributed by atoms with E-state index in [1.54, 1.807) is 0 Å². The average Bonchev–Trinajstić information content (AvgIpc) is 3.55. The topological polar surface area (TPSA) is 41.9 Å². The van der Waals surface area contributed by atoms with Crippen molar-refractivity contribution in [3.8, 4) is 11.5 Å². The Labute approximate surface area is 175 Å². The summed E-state index contributed by atoms with van der Waals surface area (Å²) >= 11 is 0. The molecule has 0 bridgehead atoms. The molecular weight excluding hydrogens is 362 g/mol. The minimum Gasteiger partial charge on any atom is -0.492 e. The Bertz CT molecular complexity index is 728. The molecule has 3 rings (SSSR count). The third kappa shape index (κ3) is 6.48. The number of aliphatic hydroxyl groups excluding tert-OH is 1. The molecule has 0 radical (unpaired) electrons. The van der Waals surface area contributed by atoms with Crippen LogP contribution in [0.1, 0.15) is 57.8 Å². The van der Waals surface area contributed by atoms with Gasteiger partial charge in [-0.1, -0.05) is 24.3 Å². The van der Waals surface area contributed by atoms with Crippen LogP contribution in [0, 0.1) is 5.92 Å². The van der Waals surface area contributed by atoms with Gasteiger partial charge in [0.05, 0.1) is 6.10 Å². The minimum absolute atomic E-state index is 0.329. The van der Waals surface area contributed by atoms with Crippen molar-refractivity contribution in [3.63, 3.8) is 0 Å². The second-order valence-electron chi connectivity index (χ2n) is 8.56. The van der Waals surface area contributed by atoms with Crippen LogP contribution in [0.5, 0.6) is 11.5 Å². The van der Waals surface area contributed by atoms with Gasteiger partial charge >= 0.3 is 0 Å². The molecule has 0 heterocycles. The quantitative estimate of drug-likeness (QED) is 0.565. The van der Waals surface area contributed by atoms with Crippen LogP contribution in [0.3, 0.4) is 0 Å². The van der Waals surface area contributed by atoms with Crippen LogP contribution in [0.15, 0.2) is 48.5 Å². The fourth-order valence-electron chi connectivity index (χ4n) is 3.68. The smallest absolute Gasteiger partial charge is 0.119 e. The van der Waals surface area contributed by atoms with Crippen LogP contribution in [-0.4, -0.2) is 35.2 Å². The number of benzene rings is 2. The van der Waals surface area contributed by atoms with Gasteiger partial charge in [0.25, 0.3) is 0 Å². The molecular formula is C25H35NO3. The van der Waals surface area contributed by atoms with E-state index >= 15 is 0 Å². The number of nitrogens with zero attached hydrogens (tertiary/aromatic N) is 1. The highest BCUT2D eigenvalue weighted by molar-refractivity contribution is 5.31. The molecule has 2 aromatic rings. The fraction of sp³-hybridized carbons (Fsp3) is 0.520. The lowest BCUT2D eigenvalue weighted by Gasteiger charge is -2.30. The molecule has 0 aromatic heterocycles. The van der Waals surface area contributed by atoms with Gasteiger partial charge < -0.3 is 14.6 Å². The van der Waals surface area contributed by atoms with Crippen molar-refractivity contribution in [3.05, 3.63) is 59.7 Å².